The molecule has 2 aliphatic carbocycles. The average Bonchev–Trinajstić information content (AvgIpc) is 3.20. The first-order valence-corrected chi connectivity index (χ1v) is 14.3. The third-order valence-corrected chi connectivity index (χ3v) is 7.23. The Bertz CT molecular complexity index is 1100. The fourth-order valence-electron chi connectivity index (χ4n) is 5.18. The molecule has 2 aliphatic rings. The summed E-state index contributed by atoms with van der Waals surface area (Å²) in [7, 11) is 0. The molecule has 0 saturated heterocycles. The van der Waals surface area contributed by atoms with E-state index in [2.05, 4.69) is 46.3 Å². The van der Waals surface area contributed by atoms with E-state index in [-0.39, 0.29) is 17.9 Å². The van der Waals surface area contributed by atoms with Gasteiger partial charge in [0.25, 0.3) is 0 Å². The second-order valence-corrected chi connectivity index (χ2v) is 10.0. The van der Waals surface area contributed by atoms with E-state index in [1.807, 2.05) is 18.2 Å². The number of hydrogen-bond acceptors (Lipinski definition) is 4. The number of quaternary nitrogens is 1. The molecule has 220 valence electrons. The van der Waals surface area contributed by atoms with Crippen LogP contribution in [0.3, 0.4) is 0 Å². The van der Waals surface area contributed by atoms with Gasteiger partial charge in [0.15, 0.2) is 0 Å². The topological polar surface area (TPSA) is 95.9 Å². The first-order chi connectivity index (χ1) is 19.1. The number of pyridine rings is 1. The fraction of sp³-hybridized carbons (Fsp3) is 0.500. The molecule has 0 aliphatic heterocycles. The lowest BCUT2D eigenvalue weighted by Gasteiger charge is -2.41. The maximum atomic E-state index is 13.3. The number of hydrogen-bond donors (Lipinski definition) is 2. The highest BCUT2D eigenvalue weighted by molar-refractivity contribution is 6.15. The minimum Gasteiger partial charge on any atom is -0.461 e. The second-order valence-electron chi connectivity index (χ2n) is 10.0. The summed E-state index contributed by atoms with van der Waals surface area (Å²) < 4.78 is 42.4. The number of benzene rings is 1. The van der Waals surface area contributed by atoms with E-state index in [4.69, 9.17) is 4.74 Å². The third-order valence-electron chi connectivity index (χ3n) is 7.23. The van der Waals surface area contributed by atoms with Crippen LogP contribution in [0.1, 0.15) is 69.5 Å². The number of carbonyl (C=O) groups excluding carboxylic acids is 2. The van der Waals surface area contributed by atoms with Crippen molar-refractivity contribution in [3.63, 3.8) is 0 Å². The summed E-state index contributed by atoms with van der Waals surface area (Å²) in [6.07, 6.45) is 5.22. The molecule has 2 fully saturated rings. The van der Waals surface area contributed by atoms with Crippen molar-refractivity contribution in [2.24, 2.45) is 5.92 Å². The maximum Gasteiger partial charge on any atom is 0.433 e. The largest absolute Gasteiger partial charge is 0.461 e. The van der Waals surface area contributed by atoms with E-state index < -0.39 is 23.2 Å². The molecule has 2 unspecified atom stereocenters. The minimum absolute atomic E-state index is 0.00981. The number of amides is 1. The summed E-state index contributed by atoms with van der Waals surface area (Å²) in [6, 6.07) is 13.6. The zero-order valence-electron chi connectivity index (χ0n) is 23.2. The quantitative estimate of drug-likeness (QED) is 0.180. The summed E-state index contributed by atoms with van der Waals surface area (Å²) in [5.74, 6) is -0.267. The van der Waals surface area contributed by atoms with Gasteiger partial charge >= 0.3 is 12.1 Å². The zero-order chi connectivity index (χ0) is 29.8. The Morgan fingerprint density at radius 1 is 1.07 bits per heavy atom. The van der Waals surface area contributed by atoms with Gasteiger partial charge in [0.05, 0.1) is 12.0 Å². The number of nitrogens with zero attached hydrogens (tertiary/aromatic N) is 1. The number of ether oxygens (including phenoxy) is 1. The van der Waals surface area contributed by atoms with Gasteiger partial charge in [-0.1, -0.05) is 74.2 Å². The molecule has 4 N–H and O–H groups in total. The van der Waals surface area contributed by atoms with Crippen LogP contribution < -0.4 is 11.1 Å². The Hall–Kier alpha value is -2.91. The van der Waals surface area contributed by atoms with Crippen molar-refractivity contribution in [3.05, 3.63) is 71.9 Å². The predicted molar refractivity (Wildman–Crippen MR) is 151 cm³/mol. The molecule has 0 radical (unpaired) electrons. The van der Waals surface area contributed by atoms with Crippen molar-refractivity contribution in [1.29, 1.82) is 0 Å². The normalized spacial score (nSPS) is 19.8. The van der Waals surface area contributed by atoms with Crippen LogP contribution in [-0.2, 0) is 25.9 Å². The van der Waals surface area contributed by atoms with Gasteiger partial charge in [-0.3, -0.25) is 9.59 Å². The molecule has 10 heteroatoms. The van der Waals surface area contributed by atoms with Crippen LogP contribution in [0.2, 0.25) is 0 Å². The van der Waals surface area contributed by atoms with Crippen molar-refractivity contribution in [1.82, 2.24) is 4.98 Å². The molecule has 2 atom stereocenters. The molecular formula is C30H40ClF3N3O3+. The van der Waals surface area contributed by atoms with Gasteiger partial charge in [0.2, 0.25) is 5.91 Å². The van der Waals surface area contributed by atoms with Crippen molar-refractivity contribution in [2.45, 2.75) is 76.0 Å². The molecule has 1 heterocycles. The van der Waals surface area contributed by atoms with Crippen LogP contribution in [-0.4, -0.2) is 35.9 Å². The lowest BCUT2D eigenvalue weighted by molar-refractivity contribution is -0.371. The molecule has 4 rings (SSSR count). The van der Waals surface area contributed by atoms with E-state index in [0.717, 1.165) is 56.7 Å². The molecule has 0 bridgehead atoms. The summed E-state index contributed by atoms with van der Waals surface area (Å²) in [5.41, 5.74) is 4.80. The first-order valence-electron chi connectivity index (χ1n) is 13.5. The van der Waals surface area contributed by atoms with Crippen molar-refractivity contribution < 1.29 is 33.2 Å². The summed E-state index contributed by atoms with van der Waals surface area (Å²) in [5, 5.41) is 2.17. The Labute approximate surface area is 239 Å². The van der Waals surface area contributed by atoms with Crippen LogP contribution in [0, 0.1) is 5.92 Å². The highest BCUT2D eigenvalue weighted by Gasteiger charge is 2.45. The fourth-order valence-corrected chi connectivity index (χ4v) is 5.18. The van der Waals surface area contributed by atoms with Crippen molar-refractivity contribution >= 4 is 29.3 Å². The Morgan fingerprint density at radius 3 is 2.23 bits per heavy atom. The predicted octanol–water partition coefficient (Wildman–Crippen LogP) is 6.31. The monoisotopic (exact) mass is 582 g/mol. The molecule has 2 saturated carbocycles. The van der Waals surface area contributed by atoms with Gasteiger partial charge in [0.1, 0.15) is 17.6 Å². The number of halogens is 4. The lowest BCUT2D eigenvalue weighted by Crippen LogP contribution is -2.53. The maximum absolute atomic E-state index is 13.3. The molecule has 2 aromatic rings. The molecule has 1 aromatic heterocycles. The first kappa shape index (κ1) is 33.3. The minimum atomic E-state index is -4.49. The van der Waals surface area contributed by atoms with Gasteiger partial charge in [0, 0.05) is 32.1 Å². The van der Waals surface area contributed by atoms with E-state index in [1.165, 1.54) is 43.9 Å². The zero-order valence-corrected chi connectivity index (χ0v) is 24.0. The number of rotatable bonds is 6. The summed E-state index contributed by atoms with van der Waals surface area (Å²) in [4.78, 5) is 27.0. The van der Waals surface area contributed by atoms with Gasteiger partial charge in [-0.2, -0.15) is 13.2 Å². The standard InChI is InChI=1S/C21H29NO2.C8H7F3N2O.CH3Cl/c1-16-15-19(18(16)11-14-22)24-20(23)21(12-7-2-3-8-13-21)17-9-5-4-6-10-17;1-5(14)12-7-4-2-3-6(13-7)8(9,10)11;1-2/h4-6,9-10,18-19H,1-3,7-8,11-15,22H2;2-4H,1H3,(H,12,13,14);1H3/p+1. The Kier molecular flexibility index (Phi) is 13.1. The van der Waals surface area contributed by atoms with Gasteiger partial charge < -0.3 is 15.8 Å². The van der Waals surface area contributed by atoms with Crippen LogP contribution in [0.5, 0.6) is 0 Å². The molecule has 1 amide bonds. The summed E-state index contributed by atoms with van der Waals surface area (Å²) in [6.45, 7) is 6.16. The molecule has 6 nitrogen and oxygen atoms in total. The number of carbonyl (C=O) groups is 2. The number of esters is 1. The molecular weight excluding hydrogens is 543 g/mol. The van der Waals surface area contributed by atoms with Gasteiger partial charge in [-0.15, -0.1) is 11.6 Å². The molecule has 0 spiro atoms. The molecule has 40 heavy (non-hydrogen) atoms. The van der Waals surface area contributed by atoms with Gasteiger partial charge in [-0.05, 0) is 30.5 Å². The van der Waals surface area contributed by atoms with Crippen LogP contribution >= 0.6 is 11.6 Å². The highest BCUT2D eigenvalue weighted by Crippen LogP contribution is 2.43. The SMILES string of the molecule is C=C1CC(OC(=O)C2(c3ccccc3)CCCCCC2)C1CC[NH3+].CC(=O)Nc1cccc(C(F)(F)F)n1.CCl. The number of aromatic nitrogens is 1. The Balaban J connectivity index is 0.000000299. The van der Waals surface area contributed by atoms with E-state index in [0.29, 0.717) is 5.92 Å². The number of nitrogens with one attached hydrogen (secondary N) is 1. The lowest BCUT2D eigenvalue weighted by atomic mass is 9.72. The third kappa shape index (κ3) is 9.06. The number of anilines is 1. The van der Waals surface area contributed by atoms with Crippen LogP contribution in [0.4, 0.5) is 19.0 Å². The van der Waals surface area contributed by atoms with E-state index in [9.17, 15) is 22.8 Å². The highest BCUT2D eigenvalue weighted by atomic mass is 35.5. The Morgan fingerprint density at radius 2 is 1.70 bits per heavy atom. The second kappa shape index (κ2) is 15.8. The van der Waals surface area contributed by atoms with Gasteiger partial charge in [-0.25, -0.2) is 4.98 Å². The molecule has 1 aromatic carbocycles. The summed E-state index contributed by atoms with van der Waals surface area (Å²) >= 11 is 4.64. The van der Waals surface area contributed by atoms with E-state index >= 15 is 0 Å². The van der Waals surface area contributed by atoms with E-state index in [1.54, 1.807) is 0 Å². The van der Waals surface area contributed by atoms with Crippen LogP contribution in [0.15, 0.2) is 60.7 Å². The van der Waals surface area contributed by atoms with Crippen molar-refractivity contribution in [2.75, 3.05) is 18.2 Å². The van der Waals surface area contributed by atoms with Crippen molar-refractivity contribution in [3.8, 4) is 0 Å². The number of alkyl halides is 4. The van der Waals surface area contributed by atoms with Crippen LogP contribution in [0.25, 0.3) is 0 Å². The average molecular weight is 583 g/mol. The smallest absolute Gasteiger partial charge is 0.433 e.